The number of phenols is 1. The van der Waals surface area contributed by atoms with Crippen molar-refractivity contribution in [2.45, 2.75) is 38.5 Å². The van der Waals surface area contributed by atoms with Crippen molar-refractivity contribution >= 4 is 0 Å². The van der Waals surface area contributed by atoms with E-state index in [0.717, 1.165) is 24.8 Å². The average molecular weight is 204 g/mol. The van der Waals surface area contributed by atoms with Gasteiger partial charge in [-0.3, -0.25) is 0 Å². The van der Waals surface area contributed by atoms with Crippen molar-refractivity contribution in [2.24, 2.45) is 0 Å². The second-order valence-electron chi connectivity index (χ2n) is 3.87. The van der Waals surface area contributed by atoms with Gasteiger partial charge in [0.05, 0.1) is 0 Å². The quantitative estimate of drug-likeness (QED) is 0.524. The van der Waals surface area contributed by atoms with Crippen molar-refractivity contribution in [3.63, 3.8) is 0 Å². The Bertz CT molecular complexity index is 291. The first-order valence-electron chi connectivity index (χ1n) is 5.72. The van der Waals surface area contributed by atoms with Crippen LogP contribution in [0, 0.1) is 0 Å². The fourth-order valence-electron chi connectivity index (χ4n) is 1.68. The minimum absolute atomic E-state index is 0.434. The lowest BCUT2D eigenvalue weighted by Gasteiger charge is -2.03. The highest BCUT2D eigenvalue weighted by Gasteiger charge is 1.98. The molecule has 0 saturated heterocycles. The molecular weight excluding hydrogens is 184 g/mol. The van der Waals surface area contributed by atoms with Gasteiger partial charge in [-0.15, -0.1) is 6.58 Å². The number of phenolic OH excluding ortho intramolecular Hbond substituents is 1. The number of aromatic hydroxyl groups is 1. The van der Waals surface area contributed by atoms with Crippen molar-refractivity contribution in [2.75, 3.05) is 0 Å². The maximum atomic E-state index is 9.54. The first-order valence-corrected chi connectivity index (χ1v) is 5.72. The Morgan fingerprint density at radius 3 is 2.53 bits per heavy atom. The van der Waals surface area contributed by atoms with Gasteiger partial charge in [-0.1, -0.05) is 37.1 Å². The zero-order chi connectivity index (χ0) is 10.9. The molecule has 0 radical (unpaired) electrons. The molecule has 0 bridgehead atoms. The highest BCUT2D eigenvalue weighted by Crippen LogP contribution is 2.18. The molecule has 1 rings (SSSR count). The topological polar surface area (TPSA) is 20.2 Å². The van der Waals surface area contributed by atoms with Crippen molar-refractivity contribution in [1.82, 2.24) is 0 Å². The van der Waals surface area contributed by atoms with Gasteiger partial charge in [-0.25, -0.2) is 0 Å². The fourth-order valence-corrected chi connectivity index (χ4v) is 1.68. The number of rotatable bonds is 7. The van der Waals surface area contributed by atoms with E-state index in [1.54, 1.807) is 6.07 Å². The number of aryl methyl sites for hydroxylation is 1. The number of benzene rings is 1. The lowest BCUT2D eigenvalue weighted by atomic mass is 10.0. The minimum atomic E-state index is 0.434. The number of unbranched alkanes of at least 4 members (excludes halogenated alkanes) is 4. The maximum Gasteiger partial charge on any atom is 0.118 e. The molecule has 0 amide bonds. The highest BCUT2D eigenvalue weighted by atomic mass is 16.3. The molecule has 0 aliphatic rings. The Kier molecular flexibility index (Phi) is 5.60. The molecule has 0 unspecified atom stereocenters. The van der Waals surface area contributed by atoms with E-state index in [4.69, 9.17) is 0 Å². The molecule has 82 valence electrons. The molecule has 0 aromatic heterocycles. The van der Waals surface area contributed by atoms with E-state index in [2.05, 4.69) is 6.58 Å². The first kappa shape index (κ1) is 11.8. The van der Waals surface area contributed by atoms with Gasteiger partial charge >= 0.3 is 0 Å². The Labute approximate surface area is 92.5 Å². The van der Waals surface area contributed by atoms with Crippen LogP contribution in [0.4, 0.5) is 0 Å². The molecule has 1 aromatic rings. The lowest BCUT2D eigenvalue weighted by Crippen LogP contribution is -1.86. The Morgan fingerprint density at radius 2 is 1.80 bits per heavy atom. The monoisotopic (exact) mass is 204 g/mol. The zero-order valence-electron chi connectivity index (χ0n) is 9.28. The van der Waals surface area contributed by atoms with Gasteiger partial charge in [0, 0.05) is 0 Å². The SMILES string of the molecule is C=CCCCCCCc1ccccc1O. The summed E-state index contributed by atoms with van der Waals surface area (Å²) in [5.41, 5.74) is 1.07. The fraction of sp³-hybridized carbons (Fsp3) is 0.429. The Hall–Kier alpha value is -1.24. The molecule has 0 aliphatic heterocycles. The summed E-state index contributed by atoms with van der Waals surface area (Å²) in [6.45, 7) is 3.70. The predicted octanol–water partition coefficient (Wildman–Crippen LogP) is 4.07. The molecule has 1 heteroatoms. The lowest BCUT2D eigenvalue weighted by molar-refractivity contribution is 0.466. The molecule has 0 saturated carbocycles. The molecule has 0 aliphatic carbocycles. The molecule has 1 N–H and O–H groups in total. The minimum Gasteiger partial charge on any atom is -0.508 e. The van der Waals surface area contributed by atoms with Crippen LogP contribution in [0.25, 0.3) is 0 Å². The third kappa shape index (κ3) is 4.68. The zero-order valence-corrected chi connectivity index (χ0v) is 9.28. The van der Waals surface area contributed by atoms with Gasteiger partial charge < -0.3 is 5.11 Å². The van der Waals surface area contributed by atoms with Gasteiger partial charge in [0.2, 0.25) is 0 Å². The van der Waals surface area contributed by atoms with E-state index < -0.39 is 0 Å². The van der Waals surface area contributed by atoms with Crippen LogP contribution in [0.5, 0.6) is 5.75 Å². The van der Waals surface area contributed by atoms with Crippen LogP contribution < -0.4 is 0 Å². The molecule has 1 aromatic carbocycles. The number of hydrogen-bond acceptors (Lipinski definition) is 1. The van der Waals surface area contributed by atoms with Crippen LogP contribution in [0.15, 0.2) is 36.9 Å². The average Bonchev–Trinajstić information content (AvgIpc) is 2.25. The number of allylic oxidation sites excluding steroid dienone is 1. The van der Waals surface area contributed by atoms with E-state index >= 15 is 0 Å². The van der Waals surface area contributed by atoms with E-state index in [1.807, 2.05) is 24.3 Å². The van der Waals surface area contributed by atoms with Gasteiger partial charge in [-0.05, 0) is 37.3 Å². The maximum absolute atomic E-state index is 9.54. The summed E-state index contributed by atoms with van der Waals surface area (Å²) in [4.78, 5) is 0. The van der Waals surface area contributed by atoms with Crippen LogP contribution >= 0.6 is 0 Å². The smallest absolute Gasteiger partial charge is 0.118 e. The summed E-state index contributed by atoms with van der Waals surface area (Å²) in [7, 11) is 0. The molecule has 0 atom stereocenters. The Morgan fingerprint density at radius 1 is 1.07 bits per heavy atom. The van der Waals surface area contributed by atoms with Crippen LogP contribution in [-0.2, 0) is 6.42 Å². The molecule has 0 spiro atoms. The second-order valence-corrected chi connectivity index (χ2v) is 3.87. The first-order chi connectivity index (χ1) is 7.34. The molecular formula is C14H20O. The Balaban J connectivity index is 2.15. The van der Waals surface area contributed by atoms with Crippen LogP contribution in [-0.4, -0.2) is 5.11 Å². The van der Waals surface area contributed by atoms with Crippen molar-refractivity contribution in [3.05, 3.63) is 42.5 Å². The van der Waals surface area contributed by atoms with E-state index in [9.17, 15) is 5.11 Å². The highest BCUT2D eigenvalue weighted by molar-refractivity contribution is 5.31. The van der Waals surface area contributed by atoms with E-state index in [1.165, 1.54) is 19.3 Å². The molecule has 15 heavy (non-hydrogen) atoms. The van der Waals surface area contributed by atoms with Gasteiger partial charge in [0.15, 0.2) is 0 Å². The van der Waals surface area contributed by atoms with Gasteiger partial charge in [0.25, 0.3) is 0 Å². The van der Waals surface area contributed by atoms with Gasteiger partial charge in [0.1, 0.15) is 5.75 Å². The largest absolute Gasteiger partial charge is 0.508 e. The summed E-state index contributed by atoms with van der Waals surface area (Å²) in [5, 5.41) is 9.54. The molecule has 0 fully saturated rings. The molecule has 1 nitrogen and oxygen atoms in total. The summed E-state index contributed by atoms with van der Waals surface area (Å²) in [5.74, 6) is 0.434. The van der Waals surface area contributed by atoms with Crippen molar-refractivity contribution in [3.8, 4) is 5.75 Å². The van der Waals surface area contributed by atoms with Crippen LogP contribution in [0.3, 0.4) is 0 Å². The number of hydrogen-bond donors (Lipinski definition) is 1. The summed E-state index contributed by atoms with van der Waals surface area (Å²) in [6.07, 6.45) is 8.99. The third-order valence-electron chi connectivity index (χ3n) is 2.60. The summed E-state index contributed by atoms with van der Waals surface area (Å²) in [6, 6.07) is 7.60. The summed E-state index contributed by atoms with van der Waals surface area (Å²) < 4.78 is 0. The van der Waals surface area contributed by atoms with E-state index in [0.29, 0.717) is 5.75 Å². The number of para-hydroxylation sites is 1. The normalized spacial score (nSPS) is 10.1. The standard InChI is InChI=1S/C14H20O/c1-2-3-4-5-6-7-10-13-11-8-9-12-14(13)15/h2,8-9,11-12,15H,1,3-7,10H2. The molecule has 0 heterocycles. The van der Waals surface area contributed by atoms with Gasteiger partial charge in [-0.2, -0.15) is 0 Å². The predicted molar refractivity (Wildman–Crippen MR) is 65.1 cm³/mol. The van der Waals surface area contributed by atoms with Crippen molar-refractivity contribution < 1.29 is 5.11 Å². The van der Waals surface area contributed by atoms with Crippen LogP contribution in [0.1, 0.15) is 37.7 Å². The van der Waals surface area contributed by atoms with Crippen molar-refractivity contribution in [1.29, 1.82) is 0 Å². The van der Waals surface area contributed by atoms with Crippen LogP contribution in [0.2, 0.25) is 0 Å². The third-order valence-corrected chi connectivity index (χ3v) is 2.60. The van der Waals surface area contributed by atoms with E-state index in [-0.39, 0.29) is 0 Å². The second kappa shape index (κ2) is 7.10. The summed E-state index contributed by atoms with van der Waals surface area (Å²) >= 11 is 0.